The fourth-order valence-corrected chi connectivity index (χ4v) is 1.89. The van der Waals surface area contributed by atoms with Gasteiger partial charge in [-0.15, -0.1) is 4.91 Å². The van der Waals surface area contributed by atoms with Gasteiger partial charge in [-0.25, -0.2) is 0 Å². The highest BCUT2D eigenvalue weighted by Crippen LogP contribution is 2.29. The van der Waals surface area contributed by atoms with E-state index in [1.165, 1.54) is 0 Å². The third-order valence-corrected chi connectivity index (χ3v) is 2.85. The number of benzene rings is 1. The number of nitroso groups, excluding NO2 is 1. The molecule has 0 aliphatic carbocycles. The van der Waals surface area contributed by atoms with E-state index >= 15 is 0 Å². The fraction of sp³-hybridized carbons (Fsp3) is 0.500. The van der Waals surface area contributed by atoms with Gasteiger partial charge in [0.15, 0.2) is 0 Å². The van der Waals surface area contributed by atoms with Gasteiger partial charge in [0.1, 0.15) is 11.4 Å². The van der Waals surface area contributed by atoms with E-state index < -0.39 is 0 Å². The van der Waals surface area contributed by atoms with Gasteiger partial charge >= 0.3 is 0 Å². The Morgan fingerprint density at radius 1 is 1.59 bits per heavy atom. The molecule has 0 amide bonds. The molecule has 1 aliphatic heterocycles. The van der Waals surface area contributed by atoms with E-state index in [0.29, 0.717) is 23.7 Å². The van der Waals surface area contributed by atoms with Crippen LogP contribution in [0.5, 0.6) is 5.75 Å². The third kappa shape index (κ3) is 2.94. The minimum atomic E-state index is 0.223. The first-order valence-electron chi connectivity index (χ1n) is 5.70. The number of methoxy groups -OCH3 is 1. The van der Waals surface area contributed by atoms with Crippen molar-refractivity contribution >= 4 is 11.4 Å². The smallest absolute Gasteiger partial charge is 0.131 e. The zero-order chi connectivity index (χ0) is 12.1. The van der Waals surface area contributed by atoms with Crippen molar-refractivity contribution in [2.75, 3.05) is 25.6 Å². The fourth-order valence-electron chi connectivity index (χ4n) is 1.89. The molecule has 1 heterocycles. The van der Waals surface area contributed by atoms with Gasteiger partial charge in [-0.05, 0) is 30.2 Å². The molecule has 92 valence electrons. The second-order valence-corrected chi connectivity index (χ2v) is 3.99. The highest BCUT2D eigenvalue weighted by molar-refractivity contribution is 5.67. The summed E-state index contributed by atoms with van der Waals surface area (Å²) in [6.45, 7) is 1.51. The Kier molecular flexibility index (Phi) is 3.93. The van der Waals surface area contributed by atoms with Crippen LogP contribution >= 0.6 is 0 Å². The Morgan fingerprint density at radius 2 is 2.47 bits per heavy atom. The predicted molar refractivity (Wildman–Crippen MR) is 65.9 cm³/mol. The van der Waals surface area contributed by atoms with Gasteiger partial charge in [-0.2, -0.15) is 0 Å². The Hall–Kier alpha value is -1.62. The maximum Gasteiger partial charge on any atom is 0.131 e. The average Bonchev–Trinajstić information content (AvgIpc) is 2.89. The Bertz CT molecular complexity index is 389. The molecule has 1 aromatic carbocycles. The molecule has 0 bridgehead atoms. The maximum atomic E-state index is 10.7. The second-order valence-electron chi connectivity index (χ2n) is 3.99. The molecule has 5 nitrogen and oxygen atoms in total. The molecule has 17 heavy (non-hydrogen) atoms. The van der Waals surface area contributed by atoms with Crippen LogP contribution in [0.15, 0.2) is 23.4 Å². The van der Waals surface area contributed by atoms with E-state index in [0.717, 1.165) is 19.4 Å². The van der Waals surface area contributed by atoms with Crippen LogP contribution in [-0.4, -0.2) is 26.4 Å². The average molecular weight is 236 g/mol. The quantitative estimate of drug-likeness (QED) is 0.798. The standard InChI is InChI=1S/C12H16N2O3/c1-16-9-4-5-11(14-15)12(7-9)13-8-10-3-2-6-17-10/h4-5,7,10,13H,2-3,6,8H2,1H3. The summed E-state index contributed by atoms with van der Waals surface area (Å²) in [4.78, 5) is 10.7. The van der Waals surface area contributed by atoms with Crippen LogP contribution in [0.4, 0.5) is 11.4 Å². The lowest BCUT2D eigenvalue weighted by molar-refractivity contribution is 0.120. The molecule has 1 aliphatic rings. The first-order valence-corrected chi connectivity index (χ1v) is 5.70. The molecule has 1 saturated heterocycles. The van der Waals surface area contributed by atoms with Crippen LogP contribution in [0.1, 0.15) is 12.8 Å². The van der Waals surface area contributed by atoms with Crippen molar-refractivity contribution in [1.82, 2.24) is 0 Å². The normalized spacial score (nSPS) is 19.0. The lowest BCUT2D eigenvalue weighted by Gasteiger charge is -2.13. The van der Waals surface area contributed by atoms with Gasteiger partial charge in [0, 0.05) is 19.2 Å². The van der Waals surface area contributed by atoms with Gasteiger partial charge in [0.05, 0.1) is 18.9 Å². The minimum Gasteiger partial charge on any atom is -0.497 e. The molecule has 1 fully saturated rings. The summed E-state index contributed by atoms with van der Waals surface area (Å²) in [5, 5.41) is 6.16. The van der Waals surface area contributed by atoms with Crippen molar-refractivity contribution in [1.29, 1.82) is 0 Å². The van der Waals surface area contributed by atoms with E-state index in [1.807, 2.05) is 0 Å². The highest BCUT2D eigenvalue weighted by Gasteiger charge is 2.15. The third-order valence-electron chi connectivity index (χ3n) is 2.85. The van der Waals surface area contributed by atoms with Crippen molar-refractivity contribution in [3.63, 3.8) is 0 Å². The van der Waals surface area contributed by atoms with Crippen LogP contribution in [0.3, 0.4) is 0 Å². The van der Waals surface area contributed by atoms with Gasteiger partial charge in [0.25, 0.3) is 0 Å². The van der Waals surface area contributed by atoms with E-state index in [1.54, 1.807) is 25.3 Å². The number of ether oxygens (including phenoxy) is 2. The summed E-state index contributed by atoms with van der Waals surface area (Å²) in [6.07, 6.45) is 2.38. The van der Waals surface area contributed by atoms with E-state index in [4.69, 9.17) is 9.47 Å². The zero-order valence-corrected chi connectivity index (χ0v) is 9.81. The van der Waals surface area contributed by atoms with E-state index in [9.17, 15) is 4.91 Å². The van der Waals surface area contributed by atoms with Crippen LogP contribution < -0.4 is 10.1 Å². The number of rotatable bonds is 5. The number of hydrogen-bond donors (Lipinski definition) is 1. The summed E-state index contributed by atoms with van der Waals surface area (Å²) >= 11 is 0. The molecule has 2 rings (SSSR count). The van der Waals surface area contributed by atoms with Crippen molar-refractivity contribution in [2.45, 2.75) is 18.9 Å². The lowest BCUT2D eigenvalue weighted by Crippen LogP contribution is -2.18. The first kappa shape index (κ1) is 11.9. The molecular weight excluding hydrogens is 220 g/mol. The van der Waals surface area contributed by atoms with E-state index in [2.05, 4.69) is 10.5 Å². The minimum absolute atomic E-state index is 0.223. The molecule has 1 unspecified atom stereocenters. The Labute approximate surface area is 100 Å². The molecule has 0 aromatic heterocycles. The van der Waals surface area contributed by atoms with Crippen molar-refractivity contribution in [3.8, 4) is 5.75 Å². The van der Waals surface area contributed by atoms with Gasteiger partial charge in [-0.1, -0.05) is 0 Å². The van der Waals surface area contributed by atoms with Crippen LogP contribution in [-0.2, 0) is 4.74 Å². The van der Waals surface area contributed by atoms with E-state index in [-0.39, 0.29) is 6.10 Å². The van der Waals surface area contributed by atoms with Crippen LogP contribution in [0.2, 0.25) is 0 Å². The Balaban J connectivity index is 2.03. The van der Waals surface area contributed by atoms with Crippen molar-refractivity contribution in [3.05, 3.63) is 23.1 Å². The molecule has 0 spiro atoms. The molecule has 1 aromatic rings. The number of hydrogen-bond acceptors (Lipinski definition) is 5. The van der Waals surface area contributed by atoms with Crippen molar-refractivity contribution in [2.24, 2.45) is 5.18 Å². The highest BCUT2D eigenvalue weighted by atomic mass is 16.5. The summed E-state index contributed by atoms with van der Waals surface area (Å²) in [5.74, 6) is 0.701. The molecule has 0 radical (unpaired) electrons. The summed E-state index contributed by atoms with van der Waals surface area (Å²) in [7, 11) is 1.59. The van der Waals surface area contributed by atoms with Crippen LogP contribution in [0, 0.1) is 4.91 Å². The second kappa shape index (κ2) is 5.63. The lowest BCUT2D eigenvalue weighted by atomic mass is 10.2. The van der Waals surface area contributed by atoms with Gasteiger partial charge < -0.3 is 14.8 Å². The monoisotopic (exact) mass is 236 g/mol. The first-order chi connectivity index (χ1) is 8.33. The molecule has 1 N–H and O–H groups in total. The largest absolute Gasteiger partial charge is 0.497 e. The summed E-state index contributed by atoms with van der Waals surface area (Å²) in [5.41, 5.74) is 1.08. The molecule has 1 atom stereocenters. The van der Waals surface area contributed by atoms with Gasteiger partial charge in [0.2, 0.25) is 0 Å². The number of nitrogens with zero attached hydrogens (tertiary/aromatic N) is 1. The topological polar surface area (TPSA) is 59.9 Å². The van der Waals surface area contributed by atoms with Crippen LogP contribution in [0.25, 0.3) is 0 Å². The summed E-state index contributed by atoms with van der Waals surface area (Å²) in [6, 6.07) is 5.13. The zero-order valence-electron chi connectivity index (χ0n) is 9.81. The number of nitrogens with one attached hydrogen (secondary N) is 1. The Morgan fingerprint density at radius 3 is 3.12 bits per heavy atom. The molecule has 0 saturated carbocycles. The molecule has 5 heteroatoms. The van der Waals surface area contributed by atoms with Gasteiger partial charge in [-0.3, -0.25) is 0 Å². The summed E-state index contributed by atoms with van der Waals surface area (Å²) < 4.78 is 10.6. The maximum absolute atomic E-state index is 10.7. The predicted octanol–water partition coefficient (Wildman–Crippen LogP) is 2.68. The molecular formula is C12H16N2O3. The van der Waals surface area contributed by atoms with Crippen molar-refractivity contribution < 1.29 is 9.47 Å². The SMILES string of the molecule is COc1ccc(N=O)c(NCC2CCCO2)c1. The number of anilines is 1.